The van der Waals surface area contributed by atoms with Crippen LogP contribution in [0.5, 0.6) is 0 Å². The first-order valence-electron chi connectivity index (χ1n) is 4.81. The Morgan fingerprint density at radius 3 is 2.74 bits per heavy atom. The Bertz CT molecular complexity index is 685. The summed E-state index contributed by atoms with van der Waals surface area (Å²) in [4.78, 5) is 24.4. The van der Waals surface area contributed by atoms with E-state index in [4.69, 9.17) is 5.11 Å². The van der Waals surface area contributed by atoms with Crippen molar-refractivity contribution < 1.29 is 19.2 Å². The number of carbonyl (C=O) groups is 1. The Morgan fingerprint density at radius 1 is 1.53 bits per heavy atom. The molecule has 19 heavy (non-hydrogen) atoms. The minimum absolute atomic E-state index is 0.0123. The van der Waals surface area contributed by atoms with E-state index in [2.05, 4.69) is 20.9 Å². The molecule has 2 rings (SSSR count). The predicted molar refractivity (Wildman–Crippen MR) is 64.8 cm³/mol. The number of carboxylic acids is 1. The van der Waals surface area contributed by atoms with Gasteiger partial charge in [0.1, 0.15) is 17.8 Å². The number of nitro benzene ring substituents is 1. The minimum Gasteiger partial charge on any atom is -0.476 e. The van der Waals surface area contributed by atoms with Gasteiger partial charge in [-0.1, -0.05) is 0 Å². The Kier molecular flexibility index (Phi) is 3.30. The molecule has 0 bridgehead atoms. The zero-order chi connectivity index (χ0) is 14.2. The van der Waals surface area contributed by atoms with Crippen LogP contribution in [0, 0.1) is 15.9 Å². The van der Waals surface area contributed by atoms with Gasteiger partial charge in [-0.05, 0) is 22.0 Å². The largest absolute Gasteiger partial charge is 0.476 e. The molecule has 0 aliphatic rings. The Hall–Kier alpha value is -2.29. The first-order valence-corrected chi connectivity index (χ1v) is 5.60. The lowest BCUT2D eigenvalue weighted by Crippen LogP contribution is -2.00. The van der Waals surface area contributed by atoms with Crippen molar-refractivity contribution in [1.82, 2.24) is 9.55 Å². The van der Waals surface area contributed by atoms with Gasteiger partial charge in [0.05, 0.1) is 15.5 Å². The maximum atomic E-state index is 13.3. The number of carboxylic acid groups (broad SMARTS) is 1. The Balaban J connectivity index is 2.62. The number of aromatic nitrogens is 2. The molecule has 0 radical (unpaired) electrons. The van der Waals surface area contributed by atoms with E-state index in [1.807, 2.05) is 0 Å². The van der Waals surface area contributed by atoms with E-state index >= 15 is 0 Å². The molecule has 0 atom stereocenters. The lowest BCUT2D eigenvalue weighted by atomic mass is 10.2. The molecule has 0 fully saturated rings. The molecule has 1 aromatic carbocycles. The third-order valence-electron chi connectivity index (χ3n) is 2.29. The SMILES string of the molecule is O=C(O)c1cn(-c2cc(Br)c(F)cc2[N+](=O)[O-])cn1. The Labute approximate surface area is 113 Å². The zero-order valence-corrected chi connectivity index (χ0v) is 10.7. The van der Waals surface area contributed by atoms with Gasteiger partial charge in [0.25, 0.3) is 5.69 Å². The molecule has 2 aromatic rings. The number of hydrogen-bond acceptors (Lipinski definition) is 4. The highest BCUT2D eigenvalue weighted by molar-refractivity contribution is 9.10. The quantitative estimate of drug-likeness (QED) is 0.688. The number of imidazole rings is 1. The molecule has 98 valence electrons. The van der Waals surface area contributed by atoms with Crippen molar-refractivity contribution in [2.45, 2.75) is 0 Å². The first-order chi connectivity index (χ1) is 8.90. The fourth-order valence-electron chi connectivity index (χ4n) is 1.44. The van der Waals surface area contributed by atoms with Crippen LogP contribution in [0.1, 0.15) is 10.5 Å². The number of hydrogen-bond donors (Lipinski definition) is 1. The molecular weight excluding hydrogens is 325 g/mol. The number of aromatic carboxylic acids is 1. The van der Waals surface area contributed by atoms with Crippen LogP contribution in [0.15, 0.2) is 29.1 Å². The molecular formula is C10H5BrFN3O4. The van der Waals surface area contributed by atoms with Crippen molar-refractivity contribution in [3.05, 3.63) is 50.8 Å². The lowest BCUT2D eigenvalue weighted by molar-refractivity contribution is -0.384. The summed E-state index contributed by atoms with van der Waals surface area (Å²) in [5.41, 5.74) is -0.747. The van der Waals surface area contributed by atoms with E-state index in [0.29, 0.717) is 0 Å². The molecule has 1 N–H and O–H groups in total. The fraction of sp³-hybridized carbons (Fsp3) is 0. The standard InChI is InChI=1S/C10H5BrFN3O4/c11-5-1-8(9(15(18)19)2-6(5)12)14-3-7(10(16)17)13-4-14/h1-4H,(H,16,17). The average Bonchev–Trinajstić information content (AvgIpc) is 2.81. The Morgan fingerprint density at radius 2 is 2.21 bits per heavy atom. The summed E-state index contributed by atoms with van der Waals surface area (Å²) < 4.78 is 14.5. The molecule has 7 nitrogen and oxygen atoms in total. The average molecular weight is 330 g/mol. The van der Waals surface area contributed by atoms with Gasteiger partial charge in [0.15, 0.2) is 5.69 Å². The molecule has 9 heteroatoms. The summed E-state index contributed by atoms with van der Waals surface area (Å²) in [6.07, 6.45) is 2.21. The van der Waals surface area contributed by atoms with Gasteiger partial charge in [-0.3, -0.25) is 14.7 Å². The molecule has 0 aliphatic heterocycles. The molecule has 0 saturated carbocycles. The predicted octanol–water partition coefficient (Wildman–Crippen LogP) is 2.38. The van der Waals surface area contributed by atoms with Crippen molar-refractivity contribution in [3.8, 4) is 5.69 Å². The second kappa shape index (κ2) is 4.76. The van der Waals surface area contributed by atoms with Crippen molar-refractivity contribution in [3.63, 3.8) is 0 Å². The number of halogens is 2. The van der Waals surface area contributed by atoms with Crippen LogP contribution in [-0.2, 0) is 0 Å². The van der Waals surface area contributed by atoms with Gasteiger partial charge >= 0.3 is 5.97 Å². The molecule has 0 spiro atoms. The van der Waals surface area contributed by atoms with Gasteiger partial charge in [-0.15, -0.1) is 0 Å². The van der Waals surface area contributed by atoms with E-state index in [1.54, 1.807) is 0 Å². The summed E-state index contributed by atoms with van der Waals surface area (Å²) in [5, 5.41) is 19.6. The van der Waals surface area contributed by atoms with Gasteiger partial charge in [0.2, 0.25) is 0 Å². The van der Waals surface area contributed by atoms with E-state index in [9.17, 15) is 19.3 Å². The van der Waals surface area contributed by atoms with Crippen LogP contribution >= 0.6 is 15.9 Å². The number of benzene rings is 1. The van der Waals surface area contributed by atoms with Crippen molar-refractivity contribution in [2.75, 3.05) is 0 Å². The molecule has 1 heterocycles. The van der Waals surface area contributed by atoms with Gasteiger partial charge in [0, 0.05) is 6.20 Å². The number of nitro groups is 1. The molecule has 0 saturated heterocycles. The highest BCUT2D eigenvalue weighted by Gasteiger charge is 2.20. The van der Waals surface area contributed by atoms with Gasteiger partial charge < -0.3 is 5.11 Å². The second-order valence-corrected chi connectivity index (χ2v) is 4.34. The normalized spacial score (nSPS) is 10.4. The summed E-state index contributed by atoms with van der Waals surface area (Å²) in [6, 6.07) is 1.93. The molecule has 0 unspecified atom stereocenters. The first kappa shape index (κ1) is 13.1. The third kappa shape index (κ3) is 2.45. The van der Waals surface area contributed by atoms with E-state index < -0.39 is 22.4 Å². The van der Waals surface area contributed by atoms with Crippen LogP contribution in [0.2, 0.25) is 0 Å². The minimum atomic E-state index is -1.26. The van der Waals surface area contributed by atoms with Crippen molar-refractivity contribution in [1.29, 1.82) is 0 Å². The van der Waals surface area contributed by atoms with Crippen LogP contribution < -0.4 is 0 Å². The lowest BCUT2D eigenvalue weighted by Gasteiger charge is -2.04. The molecule has 0 amide bonds. The topological polar surface area (TPSA) is 98.3 Å². The summed E-state index contributed by atoms with van der Waals surface area (Å²) in [7, 11) is 0. The zero-order valence-electron chi connectivity index (χ0n) is 9.08. The second-order valence-electron chi connectivity index (χ2n) is 3.48. The summed E-state index contributed by atoms with van der Waals surface area (Å²) in [6.45, 7) is 0. The fourth-order valence-corrected chi connectivity index (χ4v) is 1.78. The maximum Gasteiger partial charge on any atom is 0.356 e. The van der Waals surface area contributed by atoms with E-state index in [0.717, 1.165) is 23.2 Å². The van der Waals surface area contributed by atoms with Crippen LogP contribution in [0.3, 0.4) is 0 Å². The monoisotopic (exact) mass is 329 g/mol. The summed E-state index contributed by atoms with van der Waals surface area (Å²) in [5.74, 6) is -2.04. The smallest absolute Gasteiger partial charge is 0.356 e. The van der Waals surface area contributed by atoms with Crippen molar-refractivity contribution >= 4 is 27.6 Å². The van der Waals surface area contributed by atoms with Gasteiger partial charge in [-0.2, -0.15) is 0 Å². The van der Waals surface area contributed by atoms with Crippen LogP contribution in [0.4, 0.5) is 10.1 Å². The number of nitrogens with zero attached hydrogens (tertiary/aromatic N) is 3. The van der Waals surface area contributed by atoms with E-state index in [1.165, 1.54) is 6.07 Å². The van der Waals surface area contributed by atoms with E-state index in [-0.39, 0.29) is 15.9 Å². The van der Waals surface area contributed by atoms with Crippen molar-refractivity contribution in [2.24, 2.45) is 0 Å². The maximum absolute atomic E-state index is 13.3. The third-order valence-corrected chi connectivity index (χ3v) is 2.90. The highest BCUT2D eigenvalue weighted by Crippen LogP contribution is 2.29. The van der Waals surface area contributed by atoms with Crippen LogP contribution in [0.25, 0.3) is 5.69 Å². The molecule has 1 aromatic heterocycles. The summed E-state index contributed by atoms with van der Waals surface area (Å²) >= 11 is 2.91. The van der Waals surface area contributed by atoms with Crippen LogP contribution in [-0.4, -0.2) is 25.6 Å². The number of rotatable bonds is 3. The highest BCUT2D eigenvalue weighted by atomic mass is 79.9. The molecule has 0 aliphatic carbocycles. The van der Waals surface area contributed by atoms with Gasteiger partial charge in [-0.25, -0.2) is 14.2 Å².